The van der Waals surface area contributed by atoms with Crippen molar-refractivity contribution in [2.45, 2.75) is 38.5 Å². The molecule has 1 heterocycles. The molecule has 0 bridgehead atoms. The molecule has 0 amide bonds. The number of benzene rings is 2. The van der Waals surface area contributed by atoms with Crippen LogP contribution in [0.25, 0.3) is 0 Å². The number of aliphatic hydroxyl groups excluding tert-OH is 1. The molecule has 3 rings (SSSR count). The Balaban J connectivity index is 1.75. The van der Waals surface area contributed by atoms with Gasteiger partial charge in [-0.1, -0.05) is 24.3 Å². The number of aliphatic hydroxyl groups is 1. The predicted octanol–water partition coefficient (Wildman–Crippen LogP) is 3.76. The number of nitrogens with zero attached hydrogens (tertiary/aromatic N) is 1. The van der Waals surface area contributed by atoms with E-state index in [0.717, 1.165) is 50.0 Å². The fourth-order valence-electron chi connectivity index (χ4n) is 3.33. The van der Waals surface area contributed by atoms with Crippen molar-refractivity contribution in [2.75, 3.05) is 20.2 Å². The highest BCUT2D eigenvalue weighted by Crippen LogP contribution is 2.33. The minimum Gasteiger partial charge on any atom is -0.493 e. The molecule has 4 nitrogen and oxygen atoms in total. The van der Waals surface area contributed by atoms with E-state index >= 15 is 0 Å². The van der Waals surface area contributed by atoms with E-state index < -0.39 is 0 Å². The van der Waals surface area contributed by atoms with Gasteiger partial charge >= 0.3 is 0 Å². The number of ether oxygens (including phenoxy) is 2. The molecular weight excluding hydrogens is 333 g/mol. The maximum absolute atomic E-state index is 13.4. The fourth-order valence-corrected chi connectivity index (χ4v) is 3.33. The summed E-state index contributed by atoms with van der Waals surface area (Å²) in [6, 6.07) is 12.3. The lowest BCUT2D eigenvalue weighted by Gasteiger charge is -2.22. The number of para-hydroxylation sites is 1. The summed E-state index contributed by atoms with van der Waals surface area (Å²) in [5.41, 5.74) is 1.82. The Hall–Kier alpha value is -2.11. The SMILES string of the molecule is COc1cccc(CN2CCC[C@@H](O)CC2)c1OCc1cccc(F)c1. The first-order valence-electron chi connectivity index (χ1n) is 9.09. The molecule has 26 heavy (non-hydrogen) atoms. The van der Waals surface area contributed by atoms with Gasteiger partial charge in [-0.2, -0.15) is 0 Å². The summed E-state index contributed by atoms with van der Waals surface area (Å²) in [6.07, 6.45) is 2.44. The summed E-state index contributed by atoms with van der Waals surface area (Å²) >= 11 is 0. The van der Waals surface area contributed by atoms with Crippen LogP contribution in [-0.4, -0.2) is 36.3 Å². The lowest BCUT2D eigenvalue weighted by Crippen LogP contribution is -2.25. The molecule has 0 aromatic heterocycles. The van der Waals surface area contributed by atoms with Crippen molar-refractivity contribution >= 4 is 0 Å². The van der Waals surface area contributed by atoms with E-state index in [0.29, 0.717) is 11.5 Å². The average molecular weight is 359 g/mol. The highest BCUT2D eigenvalue weighted by atomic mass is 19.1. The van der Waals surface area contributed by atoms with Crippen LogP contribution in [0.2, 0.25) is 0 Å². The molecule has 2 aromatic carbocycles. The van der Waals surface area contributed by atoms with E-state index in [4.69, 9.17) is 9.47 Å². The highest BCUT2D eigenvalue weighted by molar-refractivity contribution is 5.46. The predicted molar refractivity (Wildman–Crippen MR) is 98.9 cm³/mol. The monoisotopic (exact) mass is 359 g/mol. The van der Waals surface area contributed by atoms with Crippen LogP contribution in [0.1, 0.15) is 30.4 Å². The van der Waals surface area contributed by atoms with E-state index in [9.17, 15) is 9.50 Å². The zero-order chi connectivity index (χ0) is 18.4. The molecule has 0 radical (unpaired) electrons. The smallest absolute Gasteiger partial charge is 0.166 e. The van der Waals surface area contributed by atoms with Crippen LogP contribution >= 0.6 is 0 Å². The van der Waals surface area contributed by atoms with Crippen molar-refractivity contribution in [1.82, 2.24) is 4.90 Å². The van der Waals surface area contributed by atoms with Crippen LogP contribution in [0.5, 0.6) is 11.5 Å². The maximum atomic E-state index is 13.4. The van der Waals surface area contributed by atoms with Gasteiger partial charge in [0.05, 0.1) is 13.2 Å². The Kier molecular flexibility index (Phi) is 6.47. The van der Waals surface area contributed by atoms with E-state index in [1.165, 1.54) is 12.1 Å². The minimum atomic E-state index is -0.269. The van der Waals surface area contributed by atoms with E-state index in [1.54, 1.807) is 13.2 Å². The zero-order valence-electron chi connectivity index (χ0n) is 15.2. The Morgan fingerprint density at radius 3 is 2.81 bits per heavy atom. The molecule has 1 N–H and O–H groups in total. The summed E-state index contributed by atoms with van der Waals surface area (Å²) in [5.74, 6) is 1.10. The van der Waals surface area contributed by atoms with Crippen molar-refractivity contribution in [2.24, 2.45) is 0 Å². The van der Waals surface area contributed by atoms with Crippen LogP contribution in [0.3, 0.4) is 0 Å². The third kappa shape index (κ3) is 4.96. The molecule has 5 heteroatoms. The molecule has 140 valence electrons. The van der Waals surface area contributed by atoms with Crippen molar-refractivity contribution in [3.63, 3.8) is 0 Å². The highest BCUT2D eigenvalue weighted by Gasteiger charge is 2.18. The van der Waals surface area contributed by atoms with E-state index in [-0.39, 0.29) is 18.5 Å². The second-order valence-electron chi connectivity index (χ2n) is 6.73. The zero-order valence-corrected chi connectivity index (χ0v) is 15.2. The maximum Gasteiger partial charge on any atom is 0.166 e. The second-order valence-corrected chi connectivity index (χ2v) is 6.73. The van der Waals surface area contributed by atoms with Gasteiger partial charge < -0.3 is 14.6 Å². The van der Waals surface area contributed by atoms with Crippen LogP contribution in [0.15, 0.2) is 42.5 Å². The second kappa shape index (κ2) is 9.01. The standard InChI is InChI=1S/C21H26FNO3/c1-25-20-9-3-6-17(14-23-11-4-8-19(24)10-12-23)21(20)26-15-16-5-2-7-18(22)13-16/h2-3,5-7,9,13,19,24H,4,8,10-12,14-15H2,1H3/t19-/m1/s1. The van der Waals surface area contributed by atoms with Gasteiger partial charge in [0.2, 0.25) is 0 Å². The number of likely N-dealkylation sites (tertiary alicyclic amines) is 1. The first kappa shape index (κ1) is 18.7. The van der Waals surface area contributed by atoms with Gasteiger partial charge in [-0.25, -0.2) is 4.39 Å². The summed E-state index contributed by atoms with van der Waals surface area (Å²) in [4.78, 5) is 2.33. The minimum absolute atomic E-state index is 0.200. The van der Waals surface area contributed by atoms with Crippen molar-refractivity contribution < 1.29 is 19.0 Å². The Bertz CT molecular complexity index is 722. The van der Waals surface area contributed by atoms with Gasteiger partial charge in [-0.15, -0.1) is 0 Å². The van der Waals surface area contributed by atoms with E-state index in [2.05, 4.69) is 4.90 Å². The van der Waals surface area contributed by atoms with Crippen molar-refractivity contribution in [3.05, 3.63) is 59.4 Å². The topological polar surface area (TPSA) is 41.9 Å². The molecule has 1 atom stereocenters. The lowest BCUT2D eigenvalue weighted by molar-refractivity contribution is 0.154. The number of methoxy groups -OCH3 is 1. The molecule has 1 saturated heterocycles. The third-order valence-electron chi connectivity index (χ3n) is 4.74. The van der Waals surface area contributed by atoms with Crippen LogP contribution < -0.4 is 9.47 Å². The molecule has 1 fully saturated rings. The average Bonchev–Trinajstić information content (AvgIpc) is 2.85. The van der Waals surface area contributed by atoms with Gasteiger partial charge in [0.15, 0.2) is 11.5 Å². The fraction of sp³-hybridized carbons (Fsp3) is 0.429. The Morgan fingerprint density at radius 2 is 2.00 bits per heavy atom. The molecular formula is C21H26FNO3. The first-order valence-corrected chi connectivity index (χ1v) is 9.09. The van der Waals surface area contributed by atoms with Gasteiger partial charge in [0.1, 0.15) is 12.4 Å². The summed E-state index contributed by atoms with van der Waals surface area (Å²) in [5, 5.41) is 9.84. The molecule has 2 aromatic rings. The quantitative estimate of drug-likeness (QED) is 0.853. The summed E-state index contributed by atoms with van der Waals surface area (Å²) in [7, 11) is 1.62. The first-order chi connectivity index (χ1) is 12.7. The van der Waals surface area contributed by atoms with Crippen molar-refractivity contribution in [1.29, 1.82) is 0 Å². The van der Waals surface area contributed by atoms with E-state index in [1.807, 2.05) is 24.3 Å². The van der Waals surface area contributed by atoms with Crippen molar-refractivity contribution in [3.8, 4) is 11.5 Å². The Labute approximate surface area is 154 Å². The van der Waals surface area contributed by atoms with Crippen LogP contribution in [0, 0.1) is 5.82 Å². The summed E-state index contributed by atoms with van der Waals surface area (Å²) < 4.78 is 24.9. The molecule has 1 aliphatic heterocycles. The molecule has 0 aliphatic carbocycles. The van der Waals surface area contributed by atoms with Gasteiger partial charge in [-0.05, 0) is 49.6 Å². The number of halogens is 1. The van der Waals surface area contributed by atoms with Crippen LogP contribution in [-0.2, 0) is 13.2 Å². The third-order valence-corrected chi connectivity index (χ3v) is 4.74. The largest absolute Gasteiger partial charge is 0.493 e. The molecule has 0 unspecified atom stereocenters. The normalized spacial score (nSPS) is 18.3. The Morgan fingerprint density at radius 1 is 1.15 bits per heavy atom. The lowest BCUT2D eigenvalue weighted by atomic mass is 10.1. The van der Waals surface area contributed by atoms with Gasteiger partial charge in [-0.3, -0.25) is 4.90 Å². The van der Waals surface area contributed by atoms with Gasteiger partial charge in [0, 0.05) is 18.7 Å². The number of rotatable bonds is 6. The molecule has 0 saturated carbocycles. The molecule has 0 spiro atoms. The van der Waals surface area contributed by atoms with Gasteiger partial charge in [0.25, 0.3) is 0 Å². The van der Waals surface area contributed by atoms with Crippen LogP contribution in [0.4, 0.5) is 4.39 Å². The summed E-state index contributed by atoms with van der Waals surface area (Å²) in [6.45, 7) is 2.84. The molecule has 1 aliphatic rings. The number of hydrogen-bond acceptors (Lipinski definition) is 4. The number of hydrogen-bond donors (Lipinski definition) is 1.